The topological polar surface area (TPSA) is 91.2 Å². The Morgan fingerprint density at radius 2 is 1.78 bits per heavy atom. The zero-order valence-corrected chi connectivity index (χ0v) is 21.9. The third kappa shape index (κ3) is 6.39. The highest BCUT2D eigenvalue weighted by atomic mass is 19.1. The summed E-state index contributed by atoms with van der Waals surface area (Å²) in [6, 6.07) is 6.26. The van der Waals surface area contributed by atoms with E-state index in [1.165, 1.54) is 34.3 Å². The molecule has 0 spiro atoms. The molecule has 6 nitrogen and oxygen atoms in total. The fraction of sp³-hybridized carbons (Fsp3) is 0.467. The largest absolute Gasteiger partial charge is 0.368 e. The lowest BCUT2D eigenvalue weighted by Gasteiger charge is -2.38. The van der Waals surface area contributed by atoms with E-state index in [2.05, 4.69) is 42.5 Å². The second-order valence-corrected chi connectivity index (χ2v) is 10.3. The number of H-pyrrole nitrogens is 1. The number of nitrogens with two attached hydrogens (primary N) is 1. The Balaban J connectivity index is 1.29. The second kappa shape index (κ2) is 12.4. The van der Waals surface area contributed by atoms with Crippen molar-refractivity contribution in [2.45, 2.75) is 70.4 Å². The van der Waals surface area contributed by atoms with Crippen LogP contribution in [0.25, 0.3) is 18.2 Å². The van der Waals surface area contributed by atoms with E-state index in [0.717, 1.165) is 25.7 Å². The van der Waals surface area contributed by atoms with Gasteiger partial charge >= 0.3 is 0 Å². The molecule has 2 heterocycles. The van der Waals surface area contributed by atoms with Crippen LogP contribution in [-0.4, -0.2) is 46.9 Å². The normalized spacial score (nSPS) is 23.1. The highest BCUT2D eigenvalue weighted by molar-refractivity contribution is 5.91. The molecule has 2 aliphatic rings. The lowest BCUT2D eigenvalue weighted by Crippen LogP contribution is -2.54. The van der Waals surface area contributed by atoms with Crippen LogP contribution in [0.2, 0.25) is 0 Å². The van der Waals surface area contributed by atoms with Crippen molar-refractivity contribution in [3.8, 4) is 0 Å². The molecule has 4 rings (SSSR count). The molecule has 1 aliphatic heterocycles. The molecule has 2 aromatic rings. The number of benzene rings is 1. The molecule has 0 radical (unpaired) electrons. The lowest BCUT2D eigenvalue weighted by atomic mass is 9.81. The van der Waals surface area contributed by atoms with Crippen LogP contribution in [0.1, 0.15) is 69.4 Å². The number of halogens is 1. The summed E-state index contributed by atoms with van der Waals surface area (Å²) in [5, 5.41) is 6.07. The Morgan fingerprint density at radius 3 is 2.41 bits per heavy atom. The molecule has 1 saturated heterocycles. The molecule has 1 aromatic heterocycles. The molecule has 1 aromatic carbocycles. The van der Waals surface area contributed by atoms with Crippen molar-refractivity contribution in [2.24, 2.45) is 11.7 Å². The molecule has 1 aliphatic carbocycles. The first-order valence-electron chi connectivity index (χ1n) is 13.5. The van der Waals surface area contributed by atoms with Crippen molar-refractivity contribution in [3.63, 3.8) is 0 Å². The summed E-state index contributed by atoms with van der Waals surface area (Å²) in [7, 11) is 0. The van der Waals surface area contributed by atoms with E-state index >= 15 is 0 Å². The van der Waals surface area contributed by atoms with E-state index in [1.54, 1.807) is 23.1 Å². The molecule has 2 fully saturated rings. The third-order valence-electron chi connectivity index (χ3n) is 8.08. The van der Waals surface area contributed by atoms with Gasteiger partial charge in [0.15, 0.2) is 0 Å². The minimum absolute atomic E-state index is 0.100. The maximum atomic E-state index is 13.8. The van der Waals surface area contributed by atoms with E-state index in [9.17, 15) is 14.0 Å². The number of aromatic amines is 1. The molecule has 1 saturated carbocycles. The molecule has 1 unspecified atom stereocenters. The number of hydrogen-bond donors (Lipinski definition) is 3. The minimum Gasteiger partial charge on any atom is -0.368 e. The number of primary amides is 1. The second-order valence-electron chi connectivity index (χ2n) is 10.3. The summed E-state index contributed by atoms with van der Waals surface area (Å²) < 4.78 is 13.8. The maximum absolute atomic E-state index is 13.8. The highest BCUT2D eigenvalue weighted by Crippen LogP contribution is 2.32. The molecule has 4 N–H and O–H groups in total. The molecule has 198 valence electrons. The average Bonchev–Trinajstić information content (AvgIpc) is 3.34. The van der Waals surface area contributed by atoms with Crippen molar-refractivity contribution in [3.05, 3.63) is 64.1 Å². The zero-order chi connectivity index (χ0) is 26.4. The summed E-state index contributed by atoms with van der Waals surface area (Å²) >= 11 is 0. The first kappa shape index (κ1) is 26.9. The van der Waals surface area contributed by atoms with Crippen LogP contribution in [0.5, 0.6) is 0 Å². The molecule has 7 heteroatoms. The van der Waals surface area contributed by atoms with Crippen LogP contribution in [0.15, 0.2) is 36.5 Å². The van der Waals surface area contributed by atoms with E-state index in [1.807, 2.05) is 0 Å². The monoisotopic (exact) mass is 506 g/mol. The fourth-order valence-corrected chi connectivity index (χ4v) is 5.97. The Hall–Kier alpha value is -3.19. The van der Waals surface area contributed by atoms with Gasteiger partial charge < -0.3 is 20.9 Å². The van der Waals surface area contributed by atoms with Crippen molar-refractivity contribution in [1.29, 1.82) is 0 Å². The van der Waals surface area contributed by atoms with E-state index in [-0.39, 0.29) is 35.6 Å². The summed E-state index contributed by atoms with van der Waals surface area (Å²) in [6.45, 7) is 5.26. The number of amides is 2. The van der Waals surface area contributed by atoms with Crippen molar-refractivity contribution in [1.82, 2.24) is 15.2 Å². The van der Waals surface area contributed by atoms with Crippen molar-refractivity contribution in [2.75, 3.05) is 13.1 Å². The summed E-state index contributed by atoms with van der Waals surface area (Å²) in [6.07, 6.45) is 15.0. The highest BCUT2D eigenvalue weighted by Gasteiger charge is 2.34. The zero-order valence-electron chi connectivity index (χ0n) is 21.9. The lowest BCUT2D eigenvalue weighted by molar-refractivity contribution is -0.128. The summed E-state index contributed by atoms with van der Waals surface area (Å²) in [5.74, 6) is -0.184. The predicted molar refractivity (Wildman–Crippen MR) is 146 cm³/mol. The molecular formula is C30H39FN4O2. The van der Waals surface area contributed by atoms with Gasteiger partial charge in [0, 0.05) is 42.3 Å². The number of carbonyl (C=O) groups excluding carboxylic acids is 2. The summed E-state index contributed by atoms with van der Waals surface area (Å²) in [5.41, 5.74) is 7.62. The molecule has 2 amide bonds. The quantitative estimate of drug-likeness (QED) is 0.504. The van der Waals surface area contributed by atoms with Crippen LogP contribution in [0.4, 0.5) is 4.39 Å². The van der Waals surface area contributed by atoms with Crippen molar-refractivity contribution >= 4 is 30.0 Å². The number of hydrogen-bond acceptors (Lipinski definition) is 3. The third-order valence-corrected chi connectivity index (χ3v) is 8.08. The maximum Gasteiger partial charge on any atom is 0.246 e. The molecule has 0 bridgehead atoms. The molecule has 37 heavy (non-hydrogen) atoms. The standard InChI is InChI=1S/C30H39FN4O2/c1-3-24-25(19-33-27(24)4-2)20-9-12-23(13-10-20)34-29(30(32)37)22-15-17-35(18-16-22)28(36)14-11-21-7-5-6-8-26(21)31/h3-8,11,14,19-20,22-23,29,33-34H,9-10,12-13,15-18H2,1-2H3,(H2,32,37). The van der Waals surface area contributed by atoms with Crippen LogP contribution >= 0.6 is 0 Å². The van der Waals surface area contributed by atoms with Gasteiger partial charge in [0.25, 0.3) is 0 Å². The van der Waals surface area contributed by atoms with Crippen LogP contribution in [-0.2, 0) is 9.59 Å². The predicted octanol–water partition coefficient (Wildman–Crippen LogP) is 3.18. The molecule has 1 atom stereocenters. The van der Waals surface area contributed by atoms with Gasteiger partial charge in [0.2, 0.25) is 11.8 Å². The number of rotatable bonds is 7. The van der Waals surface area contributed by atoms with Gasteiger partial charge in [-0.15, -0.1) is 0 Å². The van der Waals surface area contributed by atoms with Crippen LogP contribution in [0, 0.1) is 11.7 Å². The molecular weight excluding hydrogens is 467 g/mol. The van der Waals surface area contributed by atoms with Crippen molar-refractivity contribution < 1.29 is 14.0 Å². The first-order chi connectivity index (χ1) is 17.9. The number of carbonyl (C=O) groups is 2. The number of aromatic nitrogens is 1. The average molecular weight is 507 g/mol. The fourth-order valence-electron chi connectivity index (χ4n) is 5.97. The number of piperidine rings is 1. The van der Waals surface area contributed by atoms with Gasteiger partial charge in [-0.1, -0.05) is 30.4 Å². The van der Waals surface area contributed by atoms with Gasteiger partial charge in [0.05, 0.1) is 6.04 Å². The van der Waals surface area contributed by atoms with E-state index in [0.29, 0.717) is 37.4 Å². The Labute approximate surface area is 218 Å². The number of nitrogens with zero attached hydrogens (tertiary/aromatic N) is 1. The van der Waals surface area contributed by atoms with Crippen LogP contribution in [0.3, 0.4) is 0 Å². The van der Waals surface area contributed by atoms with Gasteiger partial charge in [-0.25, -0.2) is 4.39 Å². The Kier molecular flexibility index (Phi) is 8.98. The van der Waals surface area contributed by atoms with Gasteiger partial charge in [-0.05, 0) is 87.1 Å². The van der Waals surface area contributed by atoms with Crippen LogP contribution < -0.4 is 21.6 Å². The number of likely N-dealkylation sites (tertiary alicyclic amines) is 1. The smallest absolute Gasteiger partial charge is 0.246 e. The summed E-state index contributed by atoms with van der Waals surface area (Å²) in [4.78, 5) is 30.2. The van der Waals surface area contributed by atoms with E-state index < -0.39 is 0 Å². The Morgan fingerprint density at radius 1 is 1.08 bits per heavy atom. The van der Waals surface area contributed by atoms with E-state index in [4.69, 9.17) is 5.73 Å². The number of nitrogens with one attached hydrogen (secondary N) is 2. The van der Waals surface area contributed by atoms with Gasteiger partial charge in [-0.2, -0.15) is 0 Å². The minimum atomic E-state index is -0.388. The first-order valence-corrected chi connectivity index (χ1v) is 13.5. The van der Waals surface area contributed by atoms with Gasteiger partial charge in [0.1, 0.15) is 5.82 Å². The SMILES string of the molecule is CC=c1[nH]cc(C2CCC(NC(C(N)=O)C3CCN(C(=O)C=Cc4ccccc4F)CC3)CC2)c1=CC. The van der Waals surface area contributed by atoms with Gasteiger partial charge in [-0.3, -0.25) is 9.59 Å². The Bertz CT molecular complexity index is 1230.